The Morgan fingerprint density at radius 1 is 1.45 bits per heavy atom. The van der Waals surface area contributed by atoms with E-state index in [2.05, 4.69) is 5.32 Å². The van der Waals surface area contributed by atoms with Crippen LogP contribution in [0.15, 0.2) is 29.2 Å². The fraction of sp³-hybridized carbons (Fsp3) is 0.500. The Balaban J connectivity index is 2.01. The number of nitrogens with one attached hydrogen (secondary N) is 1. The van der Waals surface area contributed by atoms with Crippen LogP contribution in [0.5, 0.6) is 0 Å². The van der Waals surface area contributed by atoms with Gasteiger partial charge in [0.1, 0.15) is 0 Å². The van der Waals surface area contributed by atoms with Crippen LogP contribution in [0.3, 0.4) is 0 Å². The maximum atomic E-state index is 12.3. The van der Waals surface area contributed by atoms with E-state index >= 15 is 0 Å². The minimum atomic E-state index is -2.44. The molecule has 2 atom stereocenters. The predicted octanol–water partition coefficient (Wildman–Crippen LogP) is 3.46. The summed E-state index contributed by atoms with van der Waals surface area (Å²) in [6, 6.07) is 6.28. The summed E-state index contributed by atoms with van der Waals surface area (Å²) >= 11 is 0.485. The molecule has 2 rings (SSSR count). The number of carbonyl (C=O) groups is 1. The van der Waals surface area contributed by atoms with E-state index in [-0.39, 0.29) is 11.9 Å². The number of rotatable bonds is 4. The molecular weight excluding hydrogens is 282 g/mol. The second-order valence-electron chi connectivity index (χ2n) is 5.27. The number of carbonyl (C=O) groups excluding carboxylic acids is 1. The zero-order valence-electron chi connectivity index (χ0n) is 11.2. The number of alkyl halides is 2. The first-order chi connectivity index (χ1) is 9.41. The summed E-state index contributed by atoms with van der Waals surface area (Å²) in [5.41, 5.74) is 6.06. The third kappa shape index (κ3) is 3.30. The number of nitrogens with two attached hydrogens (primary N) is 1. The molecule has 0 radical (unpaired) electrons. The van der Waals surface area contributed by atoms with Gasteiger partial charge in [0.25, 0.3) is 5.76 Å². The molecule has 1 aromatic carbocycles. The fourth-order valence-corrected chi connectivity index (χ4v) is 2.97. The molecule has 1 fully saturated rings. The molecule has 1 aliphatic rings. The van der Waals surface area contributed by atoms with Gasteiger partial charge in [-0.2, -0.15) is 8.78 Å². The zero-order chi connectivity index (χ0) is 14.8. The third-order valence-electron chi connectivity index (χ3n) is 3.89. The van der Waals surface area contributed by atoms with E-state index in [1.54, 1.807) is 24.3 Å². The van der Waals surface area contributed by atoms with E-state index < -0.39 is 11.2 Å². The lowest BCUT2D eigenvalue weighted by atomic mass is 9.84. The summed E-state index contributed by atoms with van der Waals surface area (Å²) in [5.74, 6) is -2.54. The second kappa shape index (κ2) is 6.10. The second-order valence-corrected chi connectivity index (χ2v) is 6.34. The van der Waals surface area contributed by atoms with Gasteiger partial charge in [-0.25, -0.2) is 0 Å². The van der Waals surface area contributed by atoms with Gasteiger partial charge >= 0.3 is 0 Å². The first-order valence-electron chi connectivity index (χ1n) is 6.54. The minimum absolute atomic E-state index is 0.100. The summed E-state index contributed by atoms with van der Waals surface area (Å²) in [6.45, 7) is 1.88. The Labute approximate surface area is 121 Å². The van der Waals surface area contributed by atoms with Crippen LogP contribution < -0.4 is 11.1 Å². The molecule has 1 aliphatic carbocycles. The molecular formula is C14H18F2N2OS. The molecule has 1 saturated carbocycles. The number of thioether (sulfide) groups is 1. The Bertz CT molecular complexity index is 481. The molecule has 0 aromatic heterocycles. The molecule has 6 heteroatoms. The van der Waals surface area contributed by atoms with Crippen molar-refractivity contribution in [1.29, 1.82) is 0 Å². The average molecular weight is 300 g/mol. The molecule has 20 heavy (non-hydrogen) atoms. The normalized spacial score (nSPS) is 25.9. The molecule has 1 amide bonds. The number of hydrogen-bond acceptors (Lipinski definition) is 3. The van der Waals surface area contributed by atoms with Crippen LogP contribution in [-0.2, 0) is 4.79 Å². The largest absolute Gasteiger partial charge is 0.327 e. The fourth-order valence-electron chi connectivity index (χ4n) is 2.47. The summed E-state index contributed by atoms with van der Waals surface area (Å²) in [7, 11) is 0. The molecule has 3 nitrogen and oxygen atoms in total. The van der Waals surface area contributed by atoms with Gasteiger partial charge in [-0.1, -0.05) is 18.2 Å². The maximum absolute atomic E-state index is 12.3. The van der Waals surface area contributed by atoms with Gasteiger partial charge in [0.05, 0.1) is 5.41 Å². The van der Waals surface area contributed by atoms with Gasteiger partial charge < -0.3 is 11.1 Å². The minimum Gasteiger partial charge on any atom is -0.327 e. The first kappa shape index (κ1) is 15.3. The quantitative estimate of drug-likeness (QED) is 0.837. The van der Waals surface area contributed by atoms with Crippen molar-refractivity contribution in [3.05, 3.63) is 24.3 Å². The summed E-state index contributed by atoms with van der Waals surface area (Å²) in [5, 5.41) is 2.82. The summed E-state index contributed by atoms with van der Waals surface area (Å²) < 4.78 is 24.4. The number of halogens is 2. The molecule has 0 saturated heterocycles. The Hall–Kier alpha value is -1.14. The van der Waals surface area contributed by atoms with Crippen molar-refractivity contribution in [3.63, 3.8) is 0 Å². The van der Waals surface area contributed by atoms with E-state index in [0.29, 0.717) is 22.3 Å². The highest BCUT2D eigenvalue weighted by Crippen LogP contribution is 2.37. The van der Waals surface area contributed by atoms with E-state index in [1.165, 1.54) is 0 Å². The highest BCUT2D eigenvalue weighted by molar-refractivity contribution is 7.99. The van der Waals surface area contributed by atoms with Crippen molar-refractivity contribution < 1.29 is 13.6 Å². The van der Waals surface area contributed by atoms with Crippen LogP contribution in [0.4, 0.5) is 14.5 Å². The molecule has 0 spiro atoms. The molecule has 110 valence electrons. The van der Waals surface area contributed by atoms with E-state index in [0.717, 1.165) is 19.3 Å². The Morgan fingerprint density at radius 3 is 2.60 bits per heavy atom. The maximum Gasteiger partial charge on any atom is 0.288 e. The smallest absolute Gasteiger partial charge is 0.288 e. The Kier molecular flexibility index (Phi) is 4.65. The van der Waals surface area contributed by atoms with Gasteiger partial charge in [0.2, 0.25) is 5.91 Å². The van der Waals surface area contributed by atoms with Gasteiger partial charge in [-0.15, -0.1) is 0 Å². The Morgan fingerprint density at radius 2 is 2.10 bits per heavy atom. The zero-order valence-corrected chi connectivity index (χ0v) is 12.1. The van der Waals surface area contributed by atoms with E-state index in [4.69, 9.17) is 5.73 Å². The molecule has 2 unspecified atom stereocenters. The SMILES string of the molecule is CC1(C(=O)Nc2ccc(SC(F)F)cc2)CCCC1N. The molecule has 0 heterocycles. The lowest BCUT2D eigenvalue weighted by molar-refractivity contribution is -0.125. The topological polar surface area (TPSA) is 55.1 Å². The van der Waals surface area contributed by atoms with Crippen LogP contribution in [0.25, 0.3) is 0 Å². The van der Waals surface area contributed by atoms with Crippen molar-refractivity contribution in [1.82, 2.24) is 0 Å². The predicted molar refractivity (Wildman–Crippen MR) is 76.9 cm³/mol. The number of amides is 1. The molecule has 0 aliphatic heterocycles. The van der Waals surface area contributed by atoms with E-state index in [9.17, 15) is 13.6 Å². The van der Waals surface area contributed by atoms with Crippen LogP contribution in [0.2, 0.25) is 0 Å². The lowest BCUT2D eigenvalue weighted by Crippen LogP contribution is -2.44. The van der Waals surface area contributed by atoms with Gasteiger partial charge in [-0.05, 0) is 44.0 Å². The first-order valence-corrected chi connectivity index (χ1v) is 7.42. The van der Waals surface area contributed by atoms with Crippen molar-refractivity contribution in [2.24, 2.45) is 11.1 Å². The lowest BCUT2D eigenvalue weighted by Gasteiger charge is -2.27. The number of anilines is 1. The standard InChI is InChI=1S/C14H18F2N2OS/c1-14(8-2-3-11(14)17)12(19)18-9-4-6-10(7-5-9)20-13(15)16/h4-7,11,13H,2-3,8,17H2,1H3,(H,18,19). The van der Waals surface area contributed by atoms with Crippen molar-refractivity contribution in [3.8, 4) is 0 Å². The number of benzene rings is 1. The molecule has 3 N–H and O–H groups in total. The summed E-state index contributed by atoms with van der Waals surface area (Å²) in [4.78, 5) is 12.8. The van der Waals surface area contributed by atoms with Crippen LogP contribution in [-0.4, -0.2) is 17.7 Å². The average Bonchev–Trinajstić information content (AvgIpc) is 2.73. The van der Waals surface area contributed by atoms with E-state index in [1.807, 2.05) is 6.92 Å². The molecule has 0 bridgehead atoms. The van der Waals surface area contributed by atoms with Crippen molar-refractivity contribution in [2.45, 2.75) is 42.9 Å². The van der Waals surface area contributed by atoms with Gasteiger partial charge in [0, 0.05) is 16.6 Å². The number of hydrogen-bond donors (Lipinski definition) is 2. The van der Waals surface area contributed by atoms with Gasteiger partial charge in [0.15, 0.2) is 0 Å². The van der Waals surface area contributed by atoms with Crippen molar-refractivity contribution >= 4 is 23.4 Å². The monoisotopic (exact) mass is 300 g/mol. The van der Waals surface area contributed by atoms with Crippen LogP contribution >= 0.6 is 11.8 Å². The highest BCUT2D eigenvalue weighted by atomic mass is 32.2. The van der Waals surface area contributed by atoms with Crippen LogP contribution in [0, 0.1) is 5.41 Å². The highest BCUT2D eigenvalue weighted by Gasteiger charge is 2.42. The van der Waals surface area contributed by atoms with Crippen molar-refractivity contribution in [2.75, 3.05) is 5.32 Å². The van der Waals surface area contributed by atoms with Gasteiger partial charge in [-0.3, -0.25) is 4.79 Å². The van der Waals surface area contributed by atoms with Crippen LogP contribution in [0.1, 0.15) is 26.2 Å². The summed E-state index contributed by atoms with van der Waals surface area (Å²) in [6.07, 6.45) is 2.59. The third-order valence-corrected chi connectivity index (χ3v) is 4.61. The molecule has 1 aromatic rings.